The molecule has 0 heterocycles. The number of fused-ring (bicyclic) bond motifs is 1. The smallest absolute Gasteiger partial charge is 0.00389 e. The van der Waals surface area contributed by atoms with E-state index in [9.17, 15) is 0 Å². The van der Waals surface area contributed by atoms with Crippen molar-refractivity contribution in [2.24, 2.45) is 0 Å². The molecule has 0 aliphatic rings. The Bertz CT molecular complexity index is 2830. The average molecular weight is 857 g/mol. The van der Waals surface area contributed by atoms with Crippen LogP contribution in [-0.2, 0) is 0 Å². The average Bonchev–Trinajstić information content (AvgIpc) is 3.24. The van der Waals surface area contributed by atoms with Gasteiger partial charge in [0.15, 0.2) is 0 Å². The molecule has 0 fully saturated rings. The van der Waals surface area contributed by atoms with E-state index in [1.165, 1.54) is 144 Å². The lowest BCUT2D eigenvalue weighted by molar-refractivity contribution is 1.25. The molecule has 0 nitrogen and oxygen atoms in total. The predicted molar refractivity (Wildman–Crippen MR) is 291 cm³/mol. The van der Waals surface area contributed by atoms with E-state index in [-0.39, 0.29) is 0 Å². The summed E-state index contributed by atoms with van der Waals surface area (Å²) >= 11 is 0. The van der Waals surface area contributed by atoms with E-state index in [0.717, 1.165) is 0 Å². The van der Waals surface area contributed by atoms with Gasteiger partial charge in [0.1, 0.15) is 0 Å². The SMILES string of the molecule is Cc1cc(C)c(C(=Cc2ccc(/C=C/c3cccc4cccc(/C=C/c5ccc(C=C(c6c(C)cc(C)cc6C)c6c(C)cc(C)cc6C)cc5)c34)cc2)c2c(C)cc(C)cc2C)c(C)c1. The van der Waals surface area contributed by atoms with Crippen molar-refractivity contribution in [2.45, 2.75) is 83.1 Å². The lowest BCUT2D eigenvalue weighted by Gasteiger charge is -2.20. The molecule has 0 unspecified atom stereocenters. The van der Waals surface area contributed by atoms with Gasteiger partial charge in [0.05, 0.1) is 0 Å². The van der Waals surface area contributed by atoms with Gasteiger partial charge in [-0.3, -0.25) is 0 Å². The van der Waals surface area contributed by atoms with Crippen LogP contribution in [0.15, 0.2) is 133 Å². The van der Waals surface area contributed by atoms with E-state index in [1.807, 2.05) is 0 Å². The lowest BCUT2D eigenvalue weighted by Crippen LogP contribution is -2.01. The third kappa shape index (κ3) is 9.80. The Morgan fingerprint density at radius 3 is 0.818 bits per heavy atom. The summed E-state index contributed by atoms with van der Waals surface area (Å²) in [5, 5.41) is 2.48. The highest BCUT2D eigenvalue weighted by Crippen LogP contribution is 2.38. The molecule has 8 aromatic rings. The van der Waals surface area contributed by atoms with E-state index in [4.69, 9.17) is 0 Å². The zero-order valence-corrected chi connectivity index (χ0v) is 41.2. The van der Waals surface area contributed by atoms with E-state index in [0.29, 0.717) is 0 Å². The molecule has 0 spiro atoms. The highest BCUT2D eigenvalue weighted by molar-refractivity contribution is 6.01. The molecule has 66 heavy (non-hydrogen) atoms. The molecule has 0 aliphatic carbocycles. The minimum absolute atomic E-state index is 1.17. The molecule has 0 radical (unpaired) electrons. The molecule has 328 valence electrons. The minimum atomic E-state index is 1.17. The van der Waals surface area contributed by atoms with Crippen molar-refractivity contribution < 1.29 is 0 Å². The fourth-order valence-corrected chi connectivity index (χ4v) is 10.7. The first kappa shape index (κ1) is 45.5. The van der Waals surface area contributed by atoms with Crippen LogP contribution >= 0.6 is 0 Å². The van der Waals surface area contributed by atoms with Crippen molar-refractivity contribution in [3.8, 4) is 0 Å². The third-order valence-corrected chi connectivity index (χ3v) is 13.2. The molecule has 0 amide bonds. The second-order valence-electron chi connectivity index (χ2n) is 19.0. The molecule has 8 rings (SSSR count). The fourth-order valence-electron chi connectivity index (χ4n) is 10.7. The van der Waals surface area contributed by atoms with Crippen molar-refractivity contribution in [3.05, 3.63) is 256 Å². The summed E-state index contributed by atoms with van der Waals surface area (Å²) in [5.41, 5.74) is 30.7. The molecule has 0 saturated heterocycles. The van der Waals surface area contributed by atoms with Gasteiger partial charge in [-0.05, 0) is 217 Å². The van der Waals surface area contributed by atoms with Crippen molar-refractivity contribution >= 4 is 58.4 Å². The Labute approximate surface area is 395 Å². The first-order valence-electron chi connectivity index (χ1n) is 23.5. The van der Waals surface area contributed by atoms with Crippen LogP contribution in [0.5, 0.6) is 0 Å². The zero-order chi connectivity index (χ0) is 46.8. The van der Waals surface area contributed by atoms with Gasteiger partial charge in [-0.1, -0.05) is 180 Å². The van der Waals surface area contributed by atoms with Crippen LogP contribution in [0.4, 0.5) is 0 Å². The molecule has 0 N–H and O–H groups in total. The summed E-state index contributed by atoms with van der Waals surface area (Å²) in [6.45, 7) is 26.7. The Balaban J connectivity index is 1.08. The van der Waals surface area contributed by atoms with Gasteiger partial charge in [0.2, 0.25) is 0 Å². The zero-order valence-electron chi connectivity index (χ0n) is 41.2. The number of rotatable bonds is 10. The largest absolute Gasteiger partial charge is 0.0610 e. The fraction of sp³-hybridized carbons (Fsp3) is 0.182. The van der Waals surface area contributed by atoms with Crippen LogP contribution in [0.1, 0.15) is 122 Å². The molecule has 0 aromatic heterocycles. The van der Waals surface area contributed by atoms with Crippen LogP contribution in [0, 0.1) is 83.1 Å². The maximum absolute atomic E-state index is 2.38. The normalized spacial score (nSPS) is 11.5. The molecular weight excluding hydrogens is 793 g/mol. The first-order chi connectivity index (χ1) is 31.6. The van der Waals surface area contributed by atoms with Gasteiger partial charge in [-0.15, -0.1) is 0 Å². The third-order valence-electron chi connectivity index (χ3n) is 13.2. The Morgan fingerprint density at radius 1 is 0.288 bits per heavy atom. The van der Waals surface area contributed by atoms with E-state index in [2.05, 4.69) is 253 Å². The lowest BCUT2D eigenvalue weighted by atomic mass is 9.84. The van der Waals surface area contributed by atoms with Crippen LogP contribution in [0.3, 0.4) is 0 Å². The van der Waals surface area contributed by atoms with Crippen LogP contribution in [-0.4, -0.2) is 0 Å². The Kier molecular flexibility index (Phi) is 13.3. The summed E-state index contributed by atoms with van der Waals surface area (Å²) in [4.78, 5) is 0. The summed E-state index contributed by atoms with van der Waals surface area (Å²) < 4.78 is 0. The summed E-state index contributed by atoms with van der Waals surface area (Å²) in [6, 6.07) is 49.7. The number of hydrogen-bond acceptors (Lipinski definition) is 0. The number of benzene rings is 8. The van der Waals surface area contributed by atoms with Gasteiger partial charge in [0, 0.05) is 0 Å². The summed E-state index contributed by atoms with van der Waals surface area (Å²) in [5.74, 6) is 0. The van der Waals surface area contributed by atoms with Crippen molar-refractivity contribution in [1.82, 2.24) is 0 Å². The highest BCUT2D eigenvalue weighted by atomic mass is 14.2. The number of aryl methyl sites for hydroxylation is 12. The van der Waals surface area contributed by atoms with Gasteiger partial charge in [-0.25, -0.2) is 0 Å². The molecule has 0 heteroatoms. The molecule has 0 aliphatic heterocycles. The van der Waals surface area contributed by atoms with E-state index < -0.39 is 0 Å². The second-order valence-corrected chi connectivity index (χ2v) is 19.0. The summed E-state index contributed by atoms with van der Waals surface area (Å²) in [6.07, 6.45) is 13.8. The minimum Gasteiger partial charge on any atom is -0.0610 e. The van der Waals surface area contributed by atoms with Gasteiger partial charge >= 0.3 is 0 Å². The molecular formula is C66H64. The van der Waals surface area contributed by atoms with E-state index >= 15 is 0 Å². The number of hydrogen-bond donors (Lipinski definition) is 0. The standard InChI is InChI=1S/C66H64/c1-41-31-45(5)62(46(6)32-41)60(63-47(7)33-42(2)34-48(63)8)39-55-23-19-53(20-24-55)27-29-58-17-13-15-57-16-14-18-59(66(57)58)30-28-54-21-25-56(26-22-54)40-61(64-49(9)35-43(3)36-50(64)10)65-51(11)37-44(4)38-52(65)12/h13-40H,1-12H3/b29-27+,30-28+. The van der Waals surface area contributed by atoms with Gasteiger partial charge in [0.25, 0.3) is 0 Å². The molecule has 0 saturated carbocycles. The quantitative estimate of drug-likeness (QED) is 0.120. The monoisotopic (exact) mass is 857 g/mol. The maximum Gasteiger partial charge on any atom is -0.00389 e. The Hall–Kier alpha value is -7.02. The van der Waals surface area contributed by atoms with Gasteiger partial charge in [-0.2, -0.15) is 0 Å². The first-order valence-corrected chi connectivity index (χ1v) is 23.5. The summed E-state index contributed by atoms with van der Waals surface area (Å²) in [7, 11) is 0. The van der Waals surface area contributed by atoms with Crippen LogP contribution in [0.25, 0.3) is 58.4 Å². The van der Waals surface area contributed by atoms with Crippen LogP contribution in [0.2, 0.25) is 0 Å². The van der Waals surface area contributed by atoms with Crippen molar-refractivity contribution in [2.75, 3.05) is 0 Å². The second kappa shape index (κ2) is 19.2. The molecule has 0 bridgehead atoms. The van der Waals surface area contributed by atoms with Crippen molar-refractivity contribution in [1.29, 1.82) is 0 Å². The van der Waals surface area contributed by atoms with Crippen molar-refractivity contribution in [3.63, 3.8) is 0 Å². The predicted octanol–water partition coefficient (Wildman–Crippen LogP) is 18.1. The van der Waals surface area contributed by atoms with Gasteiger partial charge < -0.3 is 0 Å². The van der Waals surface area contributed by atoms with Crippen LogP contribution < -0.4 is 0 Å². The highest BCUT2D eigenvalue weighted by Gasteiger charge is 2.18. The van der Waals surface area contributed by atoms with E-state index in [1.54, 1.807) is 0 Å². The maximum atomic E-state index is 2.38. The molecule has 8 aromatic carbocycles. The molecule has 0 atom stereocenters. The Morgan fingerprint density at radius 2 is 0.545 bits per heavy atom. The topological polar surface area (TPSA) is 0 Å².